The first kappa shape index (κ1) is 12.2. The molecule has 90 valence electrons. The van der Waals surface area contributed by atoms with E-state index in [0.717, 1.165) is 5.56 Å². The van der Waals surface area contributed by atoms with Gasteiger partial charge in [0.1, 0.15) is 11.4 Å². The van der Waals surface area contributed by atoms with Crippen LogP contribution >= 0.6 is 11.6 Å². The molecule has 18 heavy (non-hydrogen) atoms. The van der Waals surface area contributed by atoms with E-state index >= 15 is 0 Å². The summed E-state index contributed by atoms with van der Waals surface area (Å²) in [4.78, 5) is 7.72. The van der Waals surface area contributed by atoms with Gasteiger partial charge in [-0.1, -0.05) is 18.1 Å². The van der Waals surface area contributed by atoms with Crippen molar-refractivity contribution in [2.45, 2.75) is 0 Å². The molecule has 0 aliphatic rings. The van der Waals surface area contributed by atoms with Crippen LogP contribution in [0.3, 0.4) is 0 Å². The van der Waals surface area contributed by atoms with E-state index in [1.807, 2.05) is 24.3 Å². The number of ether oxygens (including phenoxy) is 1. The number of rotatable bonds is 1. The van der Waals surface area contributed by atoms with Crippen molar-refractivity contribution >= 4 is 17.3 Å². The van der Waals surface area contributed by atoms with Crippen molar-refractivity contribution in [1.82, 2.24) is 9.97 Å². The Balaban J connectivity index is 2.40. The number of benzene rings is 1. The van der Waals surface area contributed by atoms with E-state index in [9.17, 15) is 0 Å². The number of hydrogen-bond donors (Lipinski definition) is 1. The molecule has 0 spiro atoms. The molecule has 2 N–H and O–H groups in total. The maximum atomic E-state index is 5.71. The minimum atomic E-state index is 0.119. The number of nitrogen functional groups attached to an aromatic ring is 1. The normalized spacial score (nSPS) is 9.44. The zero-order chi connectivity index (χ0) is 13.0. The predicted molar refractivity (Wildman–Crippen MR) is 70.4 cm³/mol. The van der Waals surface area contributed by atoms with E-state index in [-0.39, 0.29) is 5.28 Å². The highest BCUT2D eigenvalue weighted by Gasteiger charge is 2.01. The Morgan fingerprint density at radius 2 is 2.06 bits per heavy atom. The van der Waals surface area contributed by atoms with Gasteiger partial charge < -0.3 is 10.5 Å². The van der Waals surface area contributed by atoms with Gasteiger partial charge in [-0.15, -0.1) is 0 Å². The highest BCUT2D eigenvalue weighted by atomic mass is 35.5. The van der Waals surface area contributed by atoms with Crippen LogP contribution in [0.5, 0.6) is 5.75 Å². The van der Waals surface area contributed by atoms with E-state index in [0.29, 0.717) is 17.1 Å². The monoisotopic (exact) mass is 259 g/mol. The number of para-hydroxylation sites is 1. The molecule has 2 aromatic rings. The number of anilines is 1. The standard InChI is InChI=1S/C13H10ClN3O/c1-18-12-5-3-2-4-9(12)6-7-11-10(15)8-16-13(14)17-11/h2-5,8H,15H2,1H3. The fourth-order valence-electron chi connectivity index (χ4n) is 1.34. The maximum absolute atomic E-state index is 5.71. The molecule has 0 saturated heterocycles. The maximum Gasteiger partial charge on any atom is 0.223 e. The van der Waals surface area contributed by atoms with Gasteiger partial charge in [-0.05, 0) is 29.7 Å². The summed E-state index contributed by atoms with van der Waals surface area (Å²) in [5.74, 6) is 6.50. The van der Waals surface area contributed by atoms with Crippen LogP contribution in [0, 0.1) is 11.8 Å². The van der Waals surface area contributed by atoms with Crippen LogP contribution in [-0.4, -0.2) is 17.1 Å². The van der Waals surface area contributed by atoms with Crippen LogP contribution in [0.1, 0.15) is 11.3 Å². The van der Waals surface area contributed by atoms with Gasteiger partial charge in [0.05, 0.1) is 24.6 Å². The van der Waals surface area contributed by atoms with Crippen molar-refractivity contribution in [3.63, 3.8) is 0 Å². The van der Waals surface area contributed by atoms with E-state index in [2.05, 4.69) is 21.8 Å². The molecule has 0 atom stereocenters. The summed E-state index contributed by atoms with van der Waals surface area (Å²) < 4.78 is 5.20. The molecule has 0 amide bonds. The lowest BCUT2D eigenvalue weighted by molar-refractivity contribution is 0.413. The lowest BCUT2D eigenvalue weighted by Gasteiger charge is -2.01. The minimum Gasteiger partial charge on any atom is -0.495 e. The second-order valence-electron chi connectivity index (χ2n) is 3.39. The Hall–Kier alpha value is -2.25. The van der Waals surface area contributed by atoms with Crippen LogP contribution in [0.25, 0.3) is 0 Å². The van der Waals surface area contributed by atoms with E-state index < -0.39 is 0 Å². The van der Waals surface area contributed by atoms with Gasteiger partial charge in [-0.25, -0.2) is 9.97 Å². The molecule has 2 rings (SSSR count). The van der Waals surface area contributed by atoms with E-state index in [4.69, 9.17) is 22.1 Å². The molecule has 0 radical (unpaired) electrons. The zero-order valence-electron chi connectivity index (χ0n) is 9.64. The Kier molecular flexibility index (Phi) is 3.66. The smallest absolute Gasteiger partial charge is 0.223 e. The van der Waals surface area contributed by atoms with Crippen molar-refractivity contribution < 1.29 is 4.74 Å². The van der Waals surface area contributed by atoms with Gasteiger partial charge >= 0.3 is 0 Å². The predicted octanol–water partition coefficient (Wildman–Crippen LogP) is 2.12. The highest BCUT2D eigenvalue weighted by molar-refractivity contribution is 6.28. The summed E-state index contributed by atoms with van der Waals surface area (Å²) in [6.45, 7) is 0. The summed E-state index contributed by atoms with van der Waals surface area (Å²) in [6, 6.07) is 7.44. The molecular formula is C13H10ClN3O. The third-order valence-corrected chi connectivity index (χ3v) is 2.39. The molecule has 0 unspecified atom stereocenters. The van der Waals surface area contributed by atoms with Gasteiger partial charge in [0.25, 0.3) is 0 Å². The molecule has 0 fully saturated rings. The first-order valence-electron chi connectivity index (χ1n) is 5.14. The Morgan fingerprint density at radius 1 is 1.28 bits per heavy atom. The van der Waals surface area contributed by atoms with Gasteiger partial charge in [-0.3, -0.25) is 0 Å². The second-order valence-corrected chi connectivity index (χ2v) is 3.73. The fourth-order valence-corrected chi connectivity index (χ4v) is 1.48. The molecule has 1 aromatic heterocycles. The second kappa shape index (κ2) is 5.39. The molecule has 0 saturated carbocycles. The van der Waals surface area contributed by atoms with Crippen LogP contribution in [0.2, 0.25) is 5.28 Å². The molecule has 1 aromatic carbocycles. The number of halogens is 1. The van der Waals surface area contributed by atoms with Crippen molar-refractivity contribution in [1.29, 1.82) is 0 Å². The molecule has 0 aliphatic heterocycles. The van der Waals surface area contributed by atoms with Gasteiger partial charge in [0.2, 0.25) is 5.28 Å². The first-order chi connectivity index (χ1) is 8.70. The summed E-state index contributed by atoms with van der Waals surface area (Å²) in [5.41, 5.74) is 7.26. The Labute approximate surface area is 110 Å². The number of nitrogens with zero attached hydrogens (tertiary/aromatic N) is 2. The van der Waals surface area contributed by atoms with Crippen LogP contribution in [0.4, 0.5) is 5.69 Å². The summed E-state index contributed by atoms with van der Waals surface area (Å²) in [5, 5.41) is 0.119. The highest BCUT2D eigenvalue weighted by Crippen LogP contribution is 2.16. The molecule has 5 heteroatoms. The molecule has 0 bridgehead atoms. The third-order valence-electron chi connectivity index (χ3n) is 2.21. The number of nitrogens with two attached hydrogens (primary N) is 1. The van der Waals surface area contributed by atoms with Crippen LogP contribution in [0.15, 0.2) is 30.5 Å². The first-order valence-corrected chi connectivity index (χ1v) is 5.51. The van der Waals surface area contributed by atoms with Crippen molar-refractivity contribution in [2.24, 2.45) is 0 Å². The van der Waals surface area contributed by atoms with Crippen molar-refractivity contribution in [2.75, 3.05) is 12.8 Å². The quantitative estimate of drug-likeness (QED) is 0.629. The Bertz CT molecular complexity index is 632. The van der Waals surface area contributed by atoms with E-state index in [1.54, 1.807) is 7.11 Å². The van der Waals surface area contributed by atoms with Crippen LogP contribution in [-0.2, 0) is 0 Å². The van der Waals surface area contributed by atoms with Crippen molar-refractivity contribution in [3.05, 3.63) is 47.0 Å². The molecule has 1 heterocycles. The minimum absolute atomic E-state index is 0.119. The summed E-state index contributed by atoms with van der Waals surface area (Å²) in [7, 11) is 1.59. The summed E-state index contributed by atoms with van der Waals surface area (Å²) >= 11 is 5.69. The number of aromatic nitrogens is 2. The topological polar surface area (TPSA) is 61.0 Å². The lowest BCUT2D eigenvalue weighted by Crippen LogP contribution is -1.96. The van der Waals surface area contributed by atoms with Gasteiger partial charge in [0.15, 0.2) is 0 Å². The average Bonchev–Trinajstić information content (AvgIpc) is 2.40. The van der Waals surface area contributed by atoms with Gasteiger partial charge in [-0.2, -0.15) is 0 Å². The molecular weight excluding hydrogens is 250 g/mol. The molecule has 0 aliphatic carbocycles. The largest absolute Gasteiger partial charge is 0.495 e. The summed E-state index contributed by atoms with van der Waals surface area (Å²) in [6.07, 6.45) is 1.43. The average molecular weight is 260 g/mol. The fraction of sp³-hybridized carbons (Fsp3) is 0.0769. The number of hydrogen-bond acceptors (Lipinski definition) is 4. The number of methoxy groups -OCH3 is 1. The lowest BCUT2D eigenvalue weighted by atomic mass is 10.2. The Morgan fingerprint density at radius 3 is 2.83 bits per heavy atom. The van der Waals surface area contributed by atoms with Gasteiger partial charge in [0, 0.05) is 0 Å². The molecule has 4 nitrogen and oxygen atoms in total. The zero-order valence-corrected chi connectivity index (χ0v) is 10.4. The SMILES string of the molecule is COc1ccccc1C#Cc1nc(Cl)ncc1N. The third kappa shape index (κ3) is 2.70. The van der Waals surface area contributed by atoms with Crippen molar-refractivity contribution in [3.8, 4) is 17.6 Å². The van der Waals surface area contributed by atoms with E-state index in [1.165, 1.54) is 6.20 Å². The van der Waals surface area contributed by atoms with Crippen LogP contribution < -0.4 is 10.5 Å².